The molecule has 1 aromatic heterocycles. The van der Waals surface area contributed by atoms with Gasteiger partial charge in [-0.3, -0.25) is 4.68 Å². The molecule has 1 unspecified atom stereocenters. The first kappa shape index (κ1) is 19.0. The lowest BCUT2D eigenvalue weighted by molar-refractivity contribution is -0.0474. The number of alkyl halides is 3. The highest BCUT2D eigenvalue weighted by molar-refractivity contribution is 5.68. The third kappa shape index (κ3) is 3.54. The van der Waals surface area contributed by atoms with E-state index in [1.165, 1.54) is 4.90 Å². The average molecular weight is 375 g/mol. The molecule has 2 aliphatic heterocycles. The fourth-order valence-corrected chi connectivity index (χ4v) is 3.48. The quantitative estimate of drug-likeness (QED) is 0.822. The summed E-state index contributed by atoms with van der Waals surface area (Å²) in [6.07, 6.45) is 0.416. The van der Waals surface area contributed by atoms with E-state index >= 15 is 0 Å². The zero-order chi connectivity index (χ0) is 18.9. The van der Waals surface area contributed by atoms with Crippen LogP contribution in [0.15, 0.2) is 0 Å². The molecule has 1 atom stereocenters. The normalized spacial score (nSPS) is 24.6. The van der Waals surface area contributed by atoms with E-state index in [2.05, 4.69) is 5.10 Å². The summed E-state index contributed by atoms with van der Waals surface area (Å²) in [4.78, 5) is 13.5. The molecule has 1 N–H and O–H groups in total. The van der Waals surface area contributed by atoms with Crippen LogP contribution in [0.25, 0.3) is 0 Å². The molecule has 3 heterocycles. The lowest BCUT2D eigenvalue weighted by atomic mass is 9.96. The van der Waals surface area contributed by atoms with Gasteiger partial charge in [-0.15, -0.1) is 0 Å². The molecular weight excluding hydrogens is 351 g/mol. The van der Waals surface area contributed by atoms with Gasteiger partial charge in [-0.05, 0) is 12.8 Å². The van der Waals surface area contributed by atoms with Crippen molar-refractivity contribution in [3.05, 3.63) is 17.0 Å². The number of halogens is 3. The molecule has 0 saturated carbocycles. The summed E-state index contributed by atoms with van der Waals surface area (Å²) in [5.41, 5.74) is -1.40. The number of carbonyl (C=O) groups excluding carboxylic acids is 1. The Labute approximate surface area is 149 Å². The summed E-state index contributed by atoms with van der Waals surface area (Å²) < 4.78 is 48.8. The first-order valence-electron chi connectivity index (χ1n) is 8.96. The van der Waals surface area contributed by atoms with Crippen molar-refractivity contribution in [3.63, 3.8) is 0 Å². The van der Waals surface area contributed by atoms with Crippen molar-refractivity contribution in [1.82, 2.24) is 14.7 Å². The molecule has 9 heteroatoms. The number of hydrogen-bond donors (Lipinski definition) is 1. The van der Waals surface area contributed by atoms with Crippen molar-refractivity contribution in [2.75, 3.05) is 19.8 Å². The summed E-state index contributed by atoms with van der Waals surface area (Å²) in [7, 11) is 0. The van der Waals surface area contributed by atoms with Crippen LogP contribution in [0.2, 0.25) is 0 Å². The van der Waals surface area contributed by atoms with Crippen LogP contribution in [0.3, 0.4) is 0 Å². The number of nitrogens with zero attached hydrogens (tertiary/aromatic N) is 3. The molecule has 0 bridgehead atoms. The van der Waals surface area contributed by atoms with Crippen molar-refractivity contribution in [1.29, 1.82) is 0 Å². The average Bonchev–Trinajstić information content (AvgIpc) is 2.93. The van der Waals surface area contributed by atoms with Gasteiger partial charge >= 0.3 is 6.09 Å². The number of aromatic nitrogens is 2. The molecule has 2 aliphatic rings. The van der Waals surface area contributed by atoms with Crippen LogP contribution in [0, 0.1) is 0 Å². The van der Waals surface area contributed by atoms with E-state index in [-0.39, 0.29) is 30.8 Å². The first-order valence-corrected chi connectivity index (χ1v) is 8.96. The minimum absolute atomic E-state index is 0.0146. The van der Waals surface area contributed by atoms with Crippen LogP contribution >= 0.6 is 0 Å². The largest absolute Gasteiger partial charge is 0.449 e. The molecule has 1 amide bonds. The Morgan fingerprint density at radius 3 is 2.85 bits per heavy atom. The van der Waals surface area contributed by atoms with Gasteiger partial charge < -0.3 is 14.7 Å². The summed E-state index contributed by atoms with van der Waals surface area (Å²) in [6.45, 7) is 1.16. The van der Waals surface area contributed by atoms with E-state index in [4.69, 9.17) is 4.74 Å². The molecule has 26 heavy (non-hydrogen) atoms. The minimum Gasteiger partial charge on any atom is -0.449 e. The van der Waals surface area contributed by atoms with E-state index in [0.717, 1.165) is 17.5 Å². The zero-order valence-corrected chi connectivity index (χ0v) is 14.8. The number of ether oxygens (including phenoxy) is 1. The third-order valence-electron chi connectivity index (χ3n) is 5.03. The van der Waals surface area contributed by atoms with Crippen LogP contribution in [0.1, 0.15) is 49.6 Å². The van der Waals surface area contributed by atoms with Crippen LogP contribution in [-0.2, 0) is 30.2 Å². The van der Waals surface area contributed by atoms with Crippen molar-refractivity contribution >= 4 is 6.09 Å². The Balaban J connectivity index is 1.86. The monoisotopic (exact) mass is 375 g/mol. The Morgan fingerprint density at radius 1 is 1.38 bits per heavy atom. The van der Waals surface area contributed by atoms with Gasteiger partial charge in [0, 0.05) is 24.9 Å². The third-order valence-corrected chi connectivity index (χ3v) is 5.03. The fraction of sp³-hybridized carbons (Fsp3) is 0.765. The molecular formula is C17H24F3N3O3. The van der Waals surface area contributed by atoms with Gasteiger partial charge in [-0.2, -0.15) is 13.9 Å². The number of fused-ring (bicyclic) bond motifs is 3. The Kier molecular flexibility index (Phi) is 5.18. The molecule has 0 radical (unpaired) electrons. The van der Waals surface area contributed by atoms with Gasteiger partial charge in [0.05, 0.1) is 25.4 Å². The topological polar surface area (TPSA) is 67.6 Å². The molecule has 6 nitrogen and oxygen atoms in total. The number of rotatable bonds is 4. The Hall–Kier alpha value is -1.77. The van der Waals surface area contributed by atoms with Gasteiger partial charge in [0.2, 0.25) is 0 Å². The predicted molar refractivity (Wildman–Crippen MR) is 86.6 cm³/mol. The highest BCUT2D eigenvalue weighted by Crippen LogP contribution is 2.42. The number of amides is 1. The second-order valence-corrected chi connectivity index (χ2v) is 7.13. The standard InChI is InChI=1S/C17H24F3N3O3/c1-2-3-8-26-15(24)22-7-4-13-12(9-22)14-17(19,20)6-5-16(25,10-18)11-23(14)21-13/h25H,2-11H2,1H3. The molecule has 0 spiro atoms. The SMILES string of the molecule is CCCCOC(=O)N1CCc2nn3c(c2C1)C(F)(F)CCC(O)(CF)C3. The van der Waals surface area contributed by atoms with E-state index in [0.29, 0.717) is 25.3 Å². The molecule has 0 aromatic carbocycles. The predicted octanol–water partition coefficient (Wildman–Crippen LogP) is 2.76. The smallest absolute Gasteiger partial charge is 0.410 e. The molecule has 3 rings (SSSR count). The maximum Gasteiger partial charge on any atom is 0.410 e. The van der Waals surface area contributed by atoms with Crippen molar-refractivity contribution in [2.24, 2.45) is 0 Å². The number of carbonyl (C=O) groups is 1. The van der Waals surface area contributed by atoms with Crippen LogP contribution < -0.4 is 0 Å². The van der Waals surface area contributed by atoms with Gasteiger partial charge in [0.15, 0.2) is 0 Å². The lowest BCUT2D eigenvalue weighted by Crippen LogP contribution is -2.37. The first-order chi connectivity index (χ1) is 12.3. The Bertz CT molecular complexity index is 680. The lowest BCUT2D eigenvalue weighted by Gasteiger charge is -2.27. The molecule has 0 fully saturated rings. The van der Waals surface area contributed by atoms with Gasteiger partial charge in [-0.1, -0.05) is 13.3 Å². The molecule has 0 aliphatic carbocycles. The molecule has 1 aromatic rings. The number of unbranched alkanes of at least 4 members (excludes halogenated alkanes) is 1. The Morgan fingerprint density at radius 2 is 2.15 bits per heavy atom. The molecule has 0 saturated heterocycles. The van der Waals surface area contributed by atoms with Crippen LogP contribution in [0.5, 0.6) is 0 Å². The summed E-state index contributed by atoms with van der Waals surface area (Å²) >= 11 is 0. The number of hydrogen-bond acceptors (Lipinski definition) is 4. The minimum atomic E-state index is -3.24. The van der Waals surface area contributed by atoms with Crippen molar-refractivity contribution < 1.29 is 27.8 Å². The molecule has 146 valence electrons. The van der Waals surface area contributed by atoms with Crippen LogP contribution in [-0.4, -0.2) is 51.3 Å². The van der Waals surface area contributed by atoms with Crippen molar-refractivity contribution in [2.45, 2.75) is 63.6 Å². The second kappa shape index (κ2) is 7.09. The van der Waals surface area contributed by atoms with Crippen molar-refractivity contribution in [3.8, 4) is 0 Å². The summed E-state index contributed by atoms with van der Waals surface area (Å²) in [5.74, 6) is -3.24. The van der Waals surface area contributed by atoms with Crippen LogP contribution in [0.4, 0.5) is 18.0 Å². The maximum absolute atomic E-state index is 14.7. The van der Waals surface area contributed by atoms with E-state index in [1.807, 2.05) is 6.92 Å². The van der Waals surface area contributed by atoms with Gasteiger partial charge in [0.25, 0.3) is 5.92 Å². The maximum atomic E-state index is 14.7. The fourth-order valence-electron chi connectivity index (χ4n) is 3.48. The van der Waals surface area contributed by atoms with Gasteiger partial charge in [-0.25, -0.2) is 9.18 Å². The van der Waals surface area contributed by atoms with Gasteiger partial charge in [0.1, 0.15) is 18.0 Å². The highest BCUT2D eigenvalue weighted by Gasteiger charge is 2.47. The van der Waals surface area contributed by atoms with E-state index in [9.17, 15) is 23.1 Å². The summed E-state index contributed by atoms with van der Waals surface area (Å²) in [5, 5.41) is 14.4. The van der Waals surface area contributed by atoms with E-state index < -0.39 is 30.7 Å². The zero-order valence-electron chi connectivity index (χ0n) is 14.8. The van der Waals surface area contributed by atoms with E-state index in [1.54, 1.807) is 0 Å². The highest BCUT2D eigenvalue weighted by atomic mass is 19.3. The summed E-state index contributed by atoms with van der Waals surface area (Å²) in [6, 6.07) is 0. The second-order valence-electron chi connectivity index (χ2n) is 7.13. The number of aliphatic hydroxyl groups is 1.